The van der Waals surface area contributed by atoms with Crippen LogP contribution in [-0.2, 0) is 14.8 Å². The number of carbonyl (C=O) groups is 1. The van der Waals surface area contributed by atoms with Crippen molar-refractivity contribution in [3.63, 3.8) is 0 Å². The molecule has 2 aromatic heterocycles. The normalized spacial score (nSPS) is 15.2. The number of aromatic nitrogens is 5. The molecule has 4 rings (SSSR count). The van der Waals surface area contributed by atoms with Crippen LogP contribution in [0.25, 0.3) is 16.9 Å². The number of nitrogens with two attached hydrogens (primary N) is 1. The Labute approximate surface area is 192 Å². The first-order valence-corrected chi connectivity index (χ1v) is 11.8. The molecule has 1 amide bonds. The van der Waals surface area contributed by atoms with Crippen LogP contribution in [0.4, 0.5) is 13.6 Å². The van der Waals surface area contributed by atoms with Gasteiger partial charge in [0.25, 0.3) is 0 Å². The van der Waals surface area contributed by atoms with Gasteiger partial charge in [0.1, 0.15) is 28.8 Å². The minimum atomic E-state index is -4.46. The van der Waals surface area contributed by atoms with Crippen LogP contribution in [-0.4, -0.2) is 69.7 Å². The fraction of sp³-hybridized carbons (Fsp3) is 0.421. The van der Waals surface area contributed by atoms with E-state index >= 15 is 0 Å². The monoisotopic (exact) mass is 497 g/mol. The third-order valence-electron chi connectivity index (χ3n) is 5.06. The lowest BCUT2D eigenvalue weighted by Crippen LogP contribution is -2.42. The van der Waals surface area contributed by atoms with Gasteiger partial charge >= 0.3 is 6.09 Å². The van der Waals surface area contributed by atoms with Crippen LogP contribution in [0.2, 0.25) is 0 Å². The number of likely N-dealkylation sites (tertiary alicyclic amines) is 1. The van der Waals surface area contributed by atoms with E-state index in [-0.39, 0.29) is 35.3 Å². The molecular weight excluding hydrogens is 476 g/mol. The van der Waals surface area contributed by atoms with E-state index in [1.165, 1.54) is 0 Å². The van der Waals surface area contributed by atoms with Gasteiger partial charge in [-0.1, -0.05) is 5.21 Å². The lowest BCUT2D eigenvalue weighted by atomic mass is 10.1. The largest absolute Gasteiger partial charge is 0.472 e. The van der Waals surface area contributed by atoms with Crippen molar-refractivity contribution in [2.45, 2.75) is 43.8 Å². The zero-order chi connectivity index (χ0) is 24.6. The zero-order valence-electron chi connectivity index (χ0n) is 18.2. The van der Waals surface area contributed by atoms with Crippen LogP contribution in [0.15, 0.2) is 23.4 Å². The molecule has 0 spiro atoms. The van der Waals surface area contributed by atoms with Crippen LogP contribution in [0.3, 0.4) is 0 Å². The van der Waals surface area contributed by atoms with E-state index in [1.807, 2.05) is 0 Å². The van der Waals surface area contributed by atoms with Gasteiger partial charge in [0.2, 0.25) is 15.9 Å². The van der Waals surface area contributed by atoms with Crippen molar-refractivity contribution in [2.24, 2.45) is 5.14 Å². The predicted molar refractivity (Wildman–Crippen MR) is 113 cm³/mol. The summed E-state index contributed by atoms with van der Waals surface area (Å²) in [6, 6.07) is 1.10. The van der Waals surface area contributed by atoms with Gasteiger partial charge < -0.3 is 14.4 Å². The summed E-state index contributed by atoms with van der Waals surface area (Å²) in [6.45, 7) is 4.40. The van der Waals surface area contributed by atoms with Crippen molar-refractivity contribution in [3.8, 4) is 11.6 Å². The first kappa shape index (κ1) is 23.7. The number of rotatable bonds is 5. The van der Waals surface area contributed by atoms with Gasteiger partial charge in [0.15, 0.2) is 17.0 Å². The number of carbonyl (C=O) groups excluding carboxylic acids is 1. The second-order valence-corrected chi connectivity index (χ2v) is 9.40. The second-order valence-electron chi connectivity index (χ2n) is 7.87. The van der Waals surface area contributed by atoms with Crippen molar-refractivity contribution >= 4 is 27.3 Å². The quantitative estimate of drug-likeness (QED) is 0.552. The molecule has 0 radical (unpaired) electrons. The molecule has 0 atom stereocenters. The maximum atomic E-state index is 14.6. The number of nitrogens with zero attached hydrogens (tertiary/aromatic N) is 6. The average Bonchev–Trinajstić information content (AvgIpc) is 3.19. The van der Waals surface area contributed by atoms with Gasteiger partial charge in [-0.25, -0.2) is 32.1 Å². The number of piperidine rings is 1. The molecule has 2 N–H and O–H groups in total. The Balaban J connectivity index is 1.56. The Morgan fingerprint density at radius 3 is 2.53 bits per heavy atom. The van der Waals surface area contributed by atoms with E-state index in [4.69, 9.17) is 14.6 Å². The fourth-order valence-electron chi connectivity index (χ4n) is 3.47. The number of ether oxygens (including phenoxy) is 2. The van der Waals surface area contributed by atoms with Gasteiger partial charge in [-0.2, -0.15) is 9.67 Å². The summed E-state index contributed by atoms with van der Waals surface area (Å²) in [6.07, 6.45) is 1.30. The van der Waals surface area contributed by atoms with Crippen molar-refractivity contribution in [3.05, 3.63) is 30.1 Å². The van der Waals surface area contributed by atoms with Crippen molar-refractivity contribution in [1.29, 1.82) is 0 Å². The number of hydrogen-bond donors (Lipinski definition) is 1. The van der Waals surface area contributed by atoms with Gasteiger partial charge in [-0.05, 0) is 19.9 Å². The second kappa shape index (κ2) is 9.06. The van der Waals surface area contributed by atoms with Gasteiger partial charge in [-0.15, -0.1) is 5.10 Å². The number of sulfonamides is 1. The SMILES string of the molecule is CC(C)OC(=O)N1CCC(Oc2ncnc3c2nnn3-c2cc(F)c(S(N)(=O)=O)cc2F)CC1. The summed E-state index contributed by atoms with van der Waals surface area (Å²) >= 11 is 0. The number of fused-ring (bicyclic) bond motifs is 1. The maximum Gasteiger partial charge on any atom is 0.410 e. The molecule has 182 valence electrons. The third-order valence-corrected chi connectivity index (χ3v) is 5.98. The number of primary sulfonamides is 1. The lowest BCUT2D eigenvalue weighted by molar-refractivity contribution is 0.0510. The zero-order valence-corrected chi connectivity index (χ0v) is 19.0. The highest BCUT2D eigenvalue weighted by atomic mass is 32.2. The first-order chi connectivity index (χ1) is 16.0. The molecule has 1 aliphatic heterocycles. The topological polar surface area (TPSA) is 155 Å². The van der Waals surface area contributed by atoms with Crippen LogP contribution >= 0.6 is 0 Å². The molecule has 3 aromatic rings. The van der Waals surface area contributed by atoms with Crippen molar-refractivity contribution < 1.29 is 31.5 Å². The summed E-state index contributed by atoms with van der Waals surface area (Å²) < 4.78 is 63.8. The Bertz CT molecular complexity index is 1340. The van der Waals surface area contributed by atoms with Crippen LogP contribution in [0.1, 0.15) is 26.7 Å². The van der Waals surface area contributed by atoms with Gasteiger partial charge in [-0.3, -0.25) is 0 Å². The summed E-state index contributed by atoms with van der Waals surface area (Å²) in [5.41, 5.74) is -0.307. The Morgan fingerprint density at radius 1 is 1.18 bits per heavy atom. The highest BCUT2D eigenvalue weighted by Gasteiger charge is 2.27. The minimum Gasteiger partial charge on any atom is -0.472 e. The molecule has 12 nitrogen and oxygen atoms in total. The van der Waals surface area contributed by atoms with E-state index in [1.54, 1.807) is 18.7 Å². The Morgan fingerprint density at radius 2 is 1.88 bits per heavy atom. The highest BCUT2D eigenvalue weighted by molar-refractivity contribution is 7.89. The van der Waals surface area contributed by atoms with Crippen LogP contribution in [0.5, 0.6) is 5.88 Å². The number of benzene rings is 1. The average molecular weight is 497 g/mol. The number of amides is 1. The smallest absolute Gasteiger partial charge is 0.410 e. The molecule has 1 aliphatic rings. The van der Waals surface area contributed by atoms with E-state index in [2.05, 4.69) is 20.3 Å². The van der Waals surface area contributed by atoms with E-state index in [0.29, 0.717) is 38.1 Å². The predicted octanol–water partition coefficient (Wildman–Crippen LogP) is 1.52. The maximum absolute atomic E-state index is 14.6. The first-order valence-electron chi connectivity index (χ1n) is 10.3. The number of hydrogen-bond acceptors (Lipinski definition) is 9. The number of halogens is 2. The molecule has 1 fully saturated rings. The van der Waals surface area contributed by atoms with Gasteiger partial charge in [0, 0.05) is 32.0 Å². The highest BCUT2D eigenvalue weighted by Crippen LogP contribution is 2.27. The molecule has 3 heterocycles. The molecule has 0 unspecified atom stereocenters. The molecule has 0 aliphatic carbocycles. The summed E-state index contributed by atoms with van der Waals surface area (Å²) in [4.78, 5) is 20.7. The van der Waals surface area contributed by atoms with Gasteiger partial charge in [0.05, 0.1) is 6.10 Å². The minimum absolute atomic E-state index is 0.0182. The summed E-state index contributed by atoms with van der Waals surface area (Å²) in [7, 11) is -4.46. The third kappa shape index (κ3) is 4.75. The van der Waals surface area contributed by atoms with Crippen LogP contribution < -0.4 is 9.88 Å². The van der Waals surface area contributed by atoms with Crippen LogP contribution in [0, 0.1) is 11.6 Å². The van der Waals surface area contributed by atoms with E-state index < -0.39 is 32.2 Å². The molecule has 15 heteroatoms. The molecule has 1 aromatic carbocycles. The Kier molecular flexibility index (Phi) is 6.31. The molecule has 0 bridgehead atoms. The fourth-order valence-corrected chi connectivity index (χ4v) is 4.06. The molecule has 34 heavy (non-hydrogen) atoms. The molecule has 0 saturated carbocycles. The standard InChI is InChI=1S/C19H21F2N7O5S/c1-10(2)32-19(29)27-5-3-11(4-6-27)33-18-16-17(23-9-24-18)28(26-25-16)14-7-13(21)15(8-12(14)20)34(22,30)31/h7-11H,3-6H2,1-2H3,(H2,22,30,31). The summed E-state index contributed by atoms with van der Waals surface area (Å²) in [5, 5.41) is 12.6. The molecule has 1 saturated heterocycles. The van der Waals surface area contributed by atoms with E-state index in [9.17, 15) is 22.0 Å². The van der Waals surface area contributed by atoms with Crippen molar-refractivity contribution in [2.75, 3.05) is 13.1 Å². The van der Waals surface area contributed by atoms with Crippen molar-refractivity contribution in [1.82, 2.24) is 29.9 Å². The van der Waals surface area contributed by atoms with E-state index in [0.717, 1.165) is 11.0 Å². The summed E-state index contributed by atoms with van der Waals surface area (Å²) in [5.74, 6) is -2.27. The lowest BCUT2D eigenvalue weighted by Gasteiger charge is -2.31. The Hall–Kier alpha value is -3.46. The molecular formula is C19H21F2N7O5S.